The summed E-state index contributed by atoms with van der Waals surface area (Å²) in [6.07, 6.45) is -0.779. The van der Waals surface area contributed by atoms with Crippen LogP contribution >= 0.6 is 11.6 Å². The smallest absolute Gasteiger partial charge is 0.418 e. The lowest BCUT2D eigenvalue weighted by Gasteiger charge is -2.35. The van der Waals surface area contributed by atoms with E-state index in [0.717, 1.165) is 56.9 Å². The zero-order valence-corrected chi connectivity index (χ0v) is 37.4. The van der Waals surface area contributed by atoms with Crippen molar-refractivity contribution in [2.45, 2.75) is 95.9 Å². The third kappa shape index (κ3) is 13.0. The van der Waals surface area contributed by atoms with Gasteiger partial charge in [-0.15, -0.1) is 5.10 Å². The topological polar surface area (TPSA) is 176 Å². The second-order valence-corrected chi connectivity index (χ2v) is 17.7. The van der Waals surface area contributed by atoms with Gasteiger partial charge in [-0.05, 0) is 94.0 Å². The van der Waals surface area contributed by atoms with E-state index in [9.17, 15) is 37.1 Å². The Morgan fingerprint density at radius 3 is 2.41 bits per heavy atom. The van der Waals surface area contributed by atoms with E-state index in [1.165, 1.54) is 20.5 Å². The number of aromatic amines is 1. The van der Waals surface area contributed by atoms with E-state index < -0.39 is 35.5 Å². The Morgan fingerprint density at radius 2 is 1.72 bits per heavy atom. The second-order valence-electron chi connectivity index (χ2n) is 17.3. The van der Waals surface area contributed by atoms with Crippen molar-refractivity contribution in [3.63, 3.8) is 0 Å². The van der Waals surface area contributed by atoms with Crippen molar-refractivity contribution in [2.24, 2.45) is 11.8 Å². The van der Waals surface area contributed by atoms with E-state index in [-0.39, 0.29) is 59.6 Å². The number of hydrogen-bond acceptors (Lipinski definition) is 10. The largest absolute Gasteiger partial charge is 0.466 e. The summed E-state index contributed by atoms with van der Waals surface area (Å²) in [7, 11) is 1.58. The lowest BCUT2D eigenvalue weighted by molar-refractivity contribution is -0.144. The van der Waals surface area contributed by atoms with E-state index in [1.54, 1.807) is 7.05 Å². The first-order valence-electron chi connectivity index (χ1n) is 22.3. The van der Waals surface area contributed by atoms with E-state index in [1.807, 2.05) is 35.2 Å². The minimum atomic E-state index is -4.81. The van der Waals surface area contributed by atoms with Crippen LogP contribution in [0, 0.1) is 11.8 Å². The average Bonchev–Trinajstić information content (AvgIpc) is 3.68. The van der Waals surface area contributed by atoms with Gasteiger partial charge in [0.2, 0.25) is 5.91 Å². The first-order valence-corrected chi connectivity index (χ1v) is 22.7. The molecule has 3 aliphatic rings. The van der Waals surface area contributed by atoms with Crippen molar-refractivity contribution in [1.82, 2.24) is 34.4 Å². The maximum atomic E-state index is 14.1. The van der Waals surface area contributed by atoms with E-state index in [4.69, 9.17) is 26.8 Å². The molecule has 2 atom stereocenters. The maximum absolute atomic E-state index is 14.1. The van der Waals surface area contributed by atoms with E-state index in [0.29, 0.717) is 76.5 Å². The Bertz CT molecular complexity index is 2120. The second kappa shape index (κ2) is 22.2. The Kier molecular flexibility index (Phi) is 16.8. The fourth-order valence-corrected chi connectivity index (χ4v) is 9.06. The van der Waals surface area contributed by atoms with Gasteiger partial charge in [0, 0.05) is 64.7 Å². The number of benzene rings is 2. The van der Waals surface area contributed by atoms with Gasteiger partial charge in [-0.3, -0.25) is 19.4 Å². The van der Waals surface area contributed by atoms with Gasteiger partial charge in [0.15, 0.2) is 11.9 Å². The molecule has 0 bridgehead atoms. The fourth-order valence-electron chi connectivity index (χ4n) is 8.81. The first-order chi connectivity index (χ1) is 30.6. The molecule has 3 amide bonds. The van der Waals surface area contributed by atoms with Gasteiger partial charge in [-0.1, -0.05) is 48.9 Å². The number of likely N-dealkylation sites (N-methyl/N-ethyl adjacent to an activating group) is 1. The first kappa shape index (κ1) is 48.4. The summed E-state index contributed by atoms with van der Waals surface area (Å²) in [5.41, 5.74) is 4.29. The Balaban J connectivity index is 0.995. The molecule has 0 spiro atoms. The molecule has 19 heteroatoms. The number of anilines is 1. The number of carbonyl (C=O) groups is 4. The van der Waals surface area contributed by atoms with Crippen molar-refractivity contribution >= 4 is 41.2 Å². The van der Waals surface area contributed by atoms with Crippen LogP contribution in [0.25, 0.3) is 11.4 Å². The minimum Gasteiger partial charge on any atom is -0.466 e. The van der Waals surface area contributed by atoms with E-state index in [2.05, 4.69) is 21.9 Å². The summed E-state index contributed by atoms with van der Waals surface area (Å²) < 4.78 is 54.4. The highest BCUT2D eigenvalue weighted by atomic mass is 35.5. The molecule has 3 aliphatic heterocycles. The molecule has 3 saturated heterocycles. The Labute approximate surface area is 376 Å². The van der Waals surface area contributed by atoms with Crippen molar-refractivity contribution in [2.75, 3.05) is 71.7 Å². The van der Waals surface area contributed by atoms with Crippen LogP contribution < -0.4 is 11.4 Å². The number of carbonyl (C=O) groups excluding carboxylic acids is 4. The van der Waals surface area contributed by atoms with Crippen molar-refractivity contribution in [1.29, 1.82) is 0 Å². The lowest BCUT2D eigenvalue weighted by Crippen LogP contribution is -2.46. The number of amides is 3. The van der Waals surface area contributed by atoms with Crippen LogP contribution in [0.3, 0.4) is 0 Å². The molecule has 3 fully saturated rings. The predicted octanol–water partition coefficient (Wildman–Crippen LogP) is 6.41. The van der Waals surface area contributed by atoms with Crippen LogP contribution in [0.2, 0.25) is 5.02 Å². The van der Waals surface area contributed by atoms with Crippen LogP contribution in [-0.2, 0) is 36.5 Å². The summed E-state index contributed by atoms with van der Waals surface area (Å²) in [6.45, 7) is 6.74. The molecule has 15 nitrogen and oxygen atoms in total. The number of nitrogen functional groups attached to an aromatic ring is 1. The highest BCUT2D eigenvalue weighted by molar-refractivity contribution is 6.33. The van der Waals surface area contributed by atoms with Gasteiger partial charge in [0.05, 0.1) is 35.3 Å². The highest BCUT2D eigenvalue weighted by Crippen LogP contribution is 2.38. The number of halogens is 4. The zero-order valence-electron chi connectivity index (χ0n) is 36.6. The molecule has 2 aromatic carbocycles. The quantitative estimate of drug-likeness (QED) is 0.0875. The van der Waals surface area contributed by atoms with Gasteiger partial charge >= 0.3 is 23.9 Å². The number of ether oxygens (including phenoxy) is 2. The summed E-state index contributed by atoms with van der Waals surface area (Å²) in [5, 5.41) is 4.15. The SMILES string of the molecule is CC(CCN(C)C(=O)[C@@H](Cc1cc(Cl)c(N)c(C(F)(F)F)c1)OC(=O)N1CCC(n2nc(-c3ccccc3)[nH]c2=O)CC1)C1CCN(CCC(=O)OCCCN2CCCCC2=O)CC1. The van der Waals surface area contributed by atoms with Crippen LogP contribution in [0.1, 0.15) is 88.3 Å². The number of nitrogens with two attached hydrogens (primary N) is 1. The highest BCUT2D eigenvalue weighted by Gasteiger charge is 2.37. The zero-order chi connectivity index (χ0) is 46.0. The summed E-state index contributed by atoms with van der Waals surface area (Å²) >= 11 is 6.14. The summed E-state index contributed by atoms with van der Waals surface area (Å²) in [6, 6.07) is 11.0. The number of alkyl halides is 3. The molecule has 1 aromatic heterocycles. The number of nitrogens with zero attached hydrogens (tertiary/aromatic N) is 6. The normalized spacial score (nSPS) is 17.9. The fraction of sp³-hybridized carbons (Fsp3) is 0.600. The number of aromatic nitrogens is 3. The molecule has 3 aromatic rings. The van der Waals surface area contributed by atoms with Crippen molar-refractivity contribution < 1.29 is 41.8 Å². The molecule has 350 valence electrons. The number of H-pyrrole nitrogens is 1. The number of nitrogens with one attached hydrogen (secondary N) is 1. The standard InChI is InChI=1S/C45H60ClF3N8O7/c1-30(32-13-21-54(22-14-32)23-17-39(59)63-26-8-19-55-18-7-6-11-38(55)58)12-20-53(2)42(60)37(29-31-27-35(45(47,48)49)40(50)36(46)28-31)64-44(62)56-24-15-34(16-25-56)57-43(61)51-41(52-57)33-9-4-3-5-10-33/h3-5,9-10,27-28,30,32,34,37H,6-8,11-26,29,50H2,1-2H3,(H,51,52,61)/t30?,37-/m1/s1. The van der Waals surface area contributed by atoms with Gasteiger partial charge < -0.3 is 34.8 Å². The van der Waals surface area contributed by atoms with Gasteiger partial charge in [0.25, 0.3) is 5.91 Å². The number of esters is 1. The molecule has 0 radical (unpaired) electrons. The van der Waals surface area contributed by atoms with Crippen LogP contribution in [0.15, 0.2) is 47.3 Å². The summed E-state index contributed by atoms with van der Waals surface area (Å²) in [4.78, 5) is 74.7. The number of hydrogen-bond donors (Lipinski definition) is 2. The maximum Gasteiger partial charge on any atom is 0.418 e. The molecule has 3 N–H and O–H groups in total. The minimum absolute atomic E-state index is 0.0239. The lowest BCUT2D eigenvalue weighted by atomic mass is 9.83. The third-order valence-electron chi connectivity index (χ3n) is 12.8. The molecule has 0 aliphatic carbocycles. The van der Waals surface area contributed by atoms with Crippen molar-refractivity contribution in [3.05, 3.63) is 69.1 Å². The average molecular weight is 917 g/mol. The molecule has 6 rings (SSSR count). The predicted molar refractivity (Wildman–Crippen MR) is 234 cm³/mol. The Hall–Kier alpha value is -5.10. The molecular formula is C45H60ClF3N8O7. The van der Waals surface area contributed by atoms with Crippen LogP contribution in [0.5, 0.6) is 0 Å². The van der Waals surface area contributed by atoms with E-state index >= 15 is 0 Å². The number of likely N-dealkylation sites (tertiary alicyclic amines) is 3. The molecular weight excluding hydrogens is 857 g/mol. The number of rotatable bonds is 17. The third-order valence-corrected chi connectivity index (χ3v) is 13.1. The van der Waals surface area contributed by atoms with Crippen LogP contribution in [-0.4, -0.2) is 130 Å². The van der Waals surface area contributed by atoms with Gasteiger partial charge in [-0.2, -0.15) is 13.2 Å². The van der Waals surface area contributed by atoms with Gasteiger partial charge in [-0.25, -0.2) is 14.3 Å². The monoisotopic (exact) mass is 916 g/mol. The molecule has 1 unspecified atom stereocenters. The molecule has 0 saturated carbocycles. The molecule has 64 heavy (non-hydrogen) atoms. The van der Waals surface area contributed by atoms with Crippen molar-refractivity contribution in [3.8, 4) is 11.4 Å². The molecule has 4 heterocycles. The Morgan fingerprint density at radius 1 is 1.00 bits per heavy atom. The summed E-state index contributed by atoms with van der Waals surface area (Å²) in [5.74, 6) is 0.380. The van der Waals surface area contributed by atoms with Crippen LogP contribution in [0.4, 0.5) is 23.7 Å². The number of piperidine rings is 3. The van der Waals surface area contributed by atoms with Gasteiger partial charge in [0.1, 0.15) is 0 Å².